The van der Waals surface area contributed by atoms with Crippen LogP contribution in [0.5, 0.6) is 0 Å². The molecule has 98 valence electrons. The molecule has 17 heavy (non-hydrogen) atoms. The van der Waals surface area contributed by atoms with Crippen molar-refractivity contribution in [1.82, 2.24) is 9.80 Å². The summed E-state index contributed by atoms with van der Waals surface area (Å²) in [5, 5.41) is 0. The molecular formula is C12H21ClN2O2. The van der Waals surface area contributed by atoms with E-state index in [0.29, 0.717) is 26.2 Å². The van der Waals surface area contributed by atoms with Crippen molar-refractivity contribution in [3.63, 3.8) is 0 Å². The number of carbonyl (C=O) groups is 2. The third-order valence-electron chi connectivity index (χ3n) is 3.39. The van der Waals surface area contributed by atoms with Gasteiger partial charge in [-0.25, -0.2) is 0 Å². The highest BCUT2D eigenvalue weighted by Gasteiger charge is 2.26. The first-order valence-corrected chi connectivity index (χ1v) is 6.80. The second kappa shape index (κ2) is 6.84. The minimum atomic E-state index is -0.0405. The molecule has 1 saturated heterocycles. The lowest BCUT2D eigenvalue weighted by Crippen LogP contribution is -2.52. The molecule has 0 radical (unpaired) electrons. The molecule has 1 aliphatic rings. The van der Waals surface area contributed by atoms with E-state index in [0.717, 1.165) is 12.8 Å². The van der Waals surface area contributed by atoms with Crippen molar-refractivity contribution in [2.45, 2.75) is 26.7 Å². The summed E-state index contributed by atoms with van der Waals surface area (Å²) in [6, 6.07) is 0. The van der Waals surface area contributed by atoms with Gasteiger partial charge in [0.15, 0.2) is 0 Å². The quantitative estimate of drug-likeness (QED) is 0.716. The van der Waals surface area contributed by atoms with Crippen molar-refractivity contribution in [2.24, 2.45) is 5.92 Å². The lowest BCUT2D eigenvalue weighted by atomic mass is 10.0. The van der Waals surface area contributed by atoms with Gasteiger partial charge in [-0.05, 0) is 12.8 Å². The molecule has 0 N–H and O–H groups in total. The fourth-order valence-electron chi connectivity index (χ4n) is 2.16. The number of hydrogen-bond acceptors (Lipinski definition) is 2. The Kier molecular flexibility index (Phi) is 5.75. The monoisotopic (exact) mass is 260 g/mol. The van der Waals surface area contributed by atoms with Crippen LogP contribution in [0.3, 0.4) is 0 Å². The number of nitrogens with zero attached hydrogens (tertiary/aromatic N) is 2. The van der Waals surface area contributed by atoms with Crippen LogP contribution in [-0.4, -0.2) is 53.7 Å². The number of alkyl halides is 1. The van der Waals surface area contributed by atoms with E-state index < -0.39 is 0 Å². The molecule has 0 atom stereocenters. The van der Waals surface area contributed by atoms with Gasteiger partial charge in [-0.3, -0.25) is 9.59 Å². The predicted octanol–water partition coefficient (Wildman–Crippen LogP) is 1.33. The zero-order valence-electron chi connectivity index (χ0n) is 10.6. The molecule has 0 spiro atoms. The van der Waals surface area contributed by atoms with E-state index in [1.807, 2.05) is 18.7 Å². The van der Waals surface area contributed by atoms with Gasteiger partial charge in [0.2, 0.25) is 11.8 Å². The molecule has 1 fully saturated rings. The lowest BCUT2D eigenvalue weighted by molar-refractivity contribution is -0.141. The molecular weight excluding hydrogens is 240 g/mol. The Balaban J connectivity index is 2.46. The maximum absolute atomic E-state index is 12.1. The Bertz CT molecular complexity index is 272. The number of hydrogen-bond donors (Lipinski definition) is 0. The largest absolute Gasteiger partial charge is 0.339 e. The molecule has 0 aromatic rings. The first-order valence-electron chi connectivity index (χ1n) is 6.26. The van der Waals surface area contributed by atoms with Gasteiger partial charge < -0.3 is 9.80 Å². The Hall–Kier alpha value is -0.770. The first-order chi connectivity index (χ1) is 8.13. The number of carbonyl (C=O) groups excluding carboxylic acids is 2. The predicted molar refractivity (Wildman–Crippen MR) is 68.0 cm³/mol. The average Bonchev–Trinajstić information content (AvgIpc) is 2.39. The summed E-state index contributed by atoms with van der Waals surface area (Å²) in [4.78, 5) is 27.1. The molecule has 0 aliphatic carbocycles. The zero-order chi connectivity index (χ0) is 12.8. The van der Waals surface area contributed by atoms with Crippen molar-refractivity contribution in [2.75, 3.05) is 32.1 Å². The van der Waals surface area contributed by atoms with Gasteiger partial charge >= 0.3 is 0 Å². The third kappa shape index (κ3) is 3.60. The molecule has 0 saturated carbocycles. The summed E-state index contributed by atoms with van der Waals surface area (Å²) in [5.74, 6) is 0.347. The van der Waals surface area contributed by atoms with Crippen molar-refractivity contribution < 1.29 is 9.59 Å². The molecule has 1 heterocycles. The summed E-state index contributed by atoms with van der Waals surface area (Å²) in [6.07, 6.45) is 1.77. The average molecular weight is 261 g/mol. The standard InChI is InChI=1S/C12H21ClN2O2/c1-3-10(4-2)12(17)15-7-5-14(6-8-15)11(16)9-13/h10H,3-9H2,1-2H3. The molecule has 4 nitrogen and oxygen atoms in total. The van der Waals surface area contributed by atoms with E-state index in [9.17, 15) is 9.59 Å². The van der Waals surface area contributed by atoms with Crippen LogP contribution < -0.4 is 0 Å². The summed E-state index contributed by atoms with van der Waals surface area (Å²) >= 11 is 5.51. The number of amides is 2. The van der Waals surface area contributed by atoms with Crippen LogP contribution >= 0.6 is 11.6 Å². The van der Waals surface area contributed by atoms with Crippen LogP contribution in [0.4, 0.5) is 0 Å². The Morgan fingerprint density at radius 1 is 1.06 bits per heavy atom. The topological polar surface area (TPSA) is 40.6 Å². The van der Waals surface area contributed by atoms with Crippen LogP contribution in [0.25, 0.3) is 0 Å². The van der Waals surface area contributed by atoms with E-state index in [1.54, 1.807) is 4.90 Å². The Labute approximate surface area is 108 Å². The molecule has 2 amide bonds. The highest BCUT2D eigenvalue weighted by atomic mass is 35.5. The summed E-state index contributed by atoms with van der Waals surface area (Å²) in [5.41, 5.74) is 0. The molecule has 0 aromatic carbocycles. The zero-order valence-corrected chi connectivity index (χ0v) is 11.4. The van der Waals surface area contributed by atoms with E-state index in [2.05, 4.69) is 0 Å². The third-order valence-corrected chi connectivity index (χ3v) is 3.62. The van der Waals surface area contributed by atoms with Crippen molar-refractivity contribution in [3.8, 4) is 0 Å². The van der Waals surface area contributed by atoms with Crippen LogP contribution in [0.2, 0.25) is 0 Å². The summed E-state index contributed by atoms with van der Waals surface area (Å²) in [6.45, 7) is 6.57. The van der Waals surface area contributed by atoms with Gasteiger partial charge in [0.05, 0.1) is 0 Å². The van der Waals surface area contributed by atoms with Crippen LogP contribution in [0.15, 0.2) is 0 Å². The van der Waals surface area contributed by atoms with Crippen LogP contribution in [0.1, 0.15) is 26.7 Å². The molecule has 1 aliphatic heterocycles. The SMILES string of the molecule is CCC(CC)C(=O)N1CCN(C(=O)CCl)CC1. The van der Waals surface area contributed by atoms with Crippen LogP contribution in [-0.2, 0) is 9.59 Å². The molecule has 1 rings (SSSR count). The molecule has 0 aromatic heterocycles. The molecule has 0 bridgehead atoms. The van der Waals surface area contributed by atoms with Crippen molar-refractivity contribution in [1.29, 1.82) is 0 Å². The van der Waals surface area contributed by atoms with Crippen LogP contribution in [0, 0.1) is 5.92 Å². The van der Waals surface area contributed by atoms with Crippen molar-refractivity contribution >= 4 is 23.4 Å². The summed E-state index contributed by atoms with van der Waals surface area (Å²) < 4.78 is 0. The van der Waals surface area contributed by atoms with Gasteiger partial charge in [0, 0.05) is 32.1 Å². The maximum atomic E-state index is 12.1. The normalized spacial score (nSPS) is 16.5. The number of piperazine rings is 1. The minimum Gasteiger partial charge on any atom is -0.339 e. The van der Waals surface area contributed by atoms with Crippen molar-refractivity contribution in [3.05, 3.63) is 0 Å². The smallest absolute Gasteiger partial charge is 0.237 e. The Morgan fingerprint density at radius 2 is 1.53 bits per heavy atom. The number of halogens is 1. The van der Waals surface area contributed by atoms with E-state index in [1.165, 1.54) is 0 Å². The van der Waals surface area contributed by atoms with Gasteiger partial charge in [0.25, 0.3) is 0 Å². The molecule has 5 heteroatoms. The lowest BCUT2D eigenvalue weighted by Gasteiger charge is -2.36. The molecule has 0 unspecified atom stereocenters. The minimum absolute atomic E-state index is 0.0283. The second-order valence-corrected chi connectivity index (χ2v) is 4.62. The number of rotatable bonds is 4. The summed E-state index contributed by atoms with van der Waals surface area (Å²) in [7, 11) is 0. The van der Waals surface area contributed by atoms with E-state index in [4.69, 9.17) is 11.6 Å². The van der Waals surface area contributed by atoms with E-state index >= 15 is 0 Å². The van der Waals surface area contributed by atoms with Gasteiger partial charge in [-0.15, -0.1) is 11.6 Å². The fourth-order valence-corrected chi connectivity index (χ4v) is 2.33. The highest BCUT2D eigenvalue weighted by Crippen LogP contribution is 2.14. The maximum Gasteiger partial charge on any atom is 0.237 e. The van der Waals surface area contributed by atoms with E-state index in [-0.39, 0.29) is 23.6 Å². The first kappa shape index (κ1) is 14.3. The van der Waals surface area contributed by atoms with Gasteiger partial charge in [-0.2, -0.15) is 0 Å². The highest BCUT2D eigenvalue weighted by molar-refractivity contribution is 6.27. The fraction of sp³-hybridized carbons (Fsp3) is 0.833. The second-order valence-electron chi connectivity index (χ2n) is 4.35. The van der Waals surface area contributed by atoms with Gasteiger partial charge in [0.1, 0.15) is 5.88 Å². The Morgan fingerprint density at radius 3 is 1.94 bits per heavy atom. The van der Waals surface area contributed by atoms with Gasteiger partial charge in [-0.1, -0.05) is 13.8 Å².